The van der Waals surface area contributed by atoms with Crippen LogP contribution in [-0.2, 0) is 4.74 Å². The van der Waals surface area contributed by atoms with Crippen LogP contribution in [0.15, 0.2) is 36.1 Å². The van der Waals surface area contributed by atoms with E-state index in [9.17, 15) is 30.3 Å². The summed E-state index contributed by atoms with van der Waals surface area (Å²) < 4.78 is 164. The van der Waals surface area contributed by atoms with Gasteiger partial charge in [0.15, 0.2) is 0 Å². The molecule has 0 saturated heterocycles. The first kappa shape index (κ1) is 110. The number of halogens is 7. The Balaban J connectivity index is -0.000000851. The third-order valence-corrected chi connectivity index (χ3v) is 56.1. The zero-order valence-corrected chi connectivity index (χ0v) is 82.2. The Morgan fingerprint density at radius 3 is 0.559 bits per heavy atom. The van der Waals surface area contributed by atoms with Crippen molar-refractivity contribution in [3.05, 3.63) is 0 Å². The maximum Gasteiger partial charge on any atom is -1.00 e. The molecule has 0 aliphatic rings. The fraction of sp³-hybridized carbons (Fsp3) is 1.00. The van der Waals surface area contributed by atoms with E-state index in [-0.39, 0.29) is 19.0 Å². The third kappa shape index (κ3) is 26.8. The van der Waals surface area contributed by atoms with E-state index in [1.165, 1.54) is 0 Å². The van der Waals surface area contributed by atoms with Gasteiger partial charge < -0.3 is 22.3 Å². The van der Waals surface area contributed by atoms with Crippen molar-refractivity contribution in [2.24, 2.45) is 36.1 Å². The Kier molecular flexibility index (Phi) is 45.2. The summed E-state index contributed by atoms with van der Waals surface area (Å²) in [4.78, 5) is 0. The fourth-order valence-electron chi connectivity index (χ4n) is 12.0. The van der Waals surface area contributed by atoms with Crippen LogP contribution in [-0.4, -0.2) is 463 Å². The first-order chi connectivity index (χ1) is 44.9. The first-order valence-electron chi connectivity index (χ1n) is 31.8. The topological polar surface area (TPSA) is 215 Å². The van der Waals surface area contributed by atoms with Crippen LogP contribution in [0, 0.1) is 0 Å². The maximum atomic E-state index is 10.3. The second kappa shape index (κ2) is 41.8. The summed E-state index contributed by atoms with van der Waals surface area (Å²) in [6.45, 7) is 1.55. The molecule has 624 valence electrons. The molecule has 102 heavy (non-hydrogen) atoms. The molecule has 0 atom stereocenters. The Hall–Kier alpha value is 1.96. The molecule has 0 amide bonds. The maximum absolute atomic E-state index is 10.7. The summed E-state index contributed by atoms with van der Waals surface area (Å²) in [6.07, 6.45) is 0. The second-order valence-corrected chi connectivity index (χ2v) is 64.8. The molecule has 0 aromatic rings. The van der Waals surface area contributed by atoms with E-state index in [1.54, 1.807) is 7.11 Å². The average molecular weight is 1720 g/mol. The number of methoxy groups -OCH3 is 1. The zero-order valence-electron chi connectivity index (χ0n) is 71.6. The van der Waals surface area contributed by atoms with Crippen molar-refractivity contribution in [1.29, 1.82) is 0 Å². The smallest absolute Gasteiger partial charge is 1.00 e. The van der Waals surface area contributed by atoms with Crippen LogP contribution in [0.25, 0.3) is 0 Å². The SMILES string of the molecule is CN(C)P(=N[P+](N=P(N(C)C)(N(C)C)N(C)C)(N=P(N(C)C)(N(C)C)N(C)C)N=P(N(C)C)(N(C)C)N(C)CCO)(N(C)C)N(C)C.COCCNP(=N[P+](N=P(N(C)C)(N(C)C)N(C)C)(N=P(N(C)C)(N(C)C)N(C)C)N=P(N(C)C)(N(C)C)N(C)C)(N(C)C)N(C)C.F[P-](F)(F)(F)(F)F.[Cl-]. The Morgan fingerprint density at radius 1 is 0.284 bits per heavy atom. The van der Waals surface area contributed by atoms with Gasteiger partial charge in [0.1, 0.15) is 0 Å². The Bertz CT molecular complexity index is 2620. The van der Waals surface area contributed by atoms with E-state index < -0.39 is 83.6 Å². The van der Waals surface area contributed by atoms with Gasteiger partial charge in [-0.25, -0.2) is 107 Å². The van der Waals surface area contributed by atoms with Crippen LogP contribution in [0.3, 0.4) is 0 Å². The van der Waals surface area contributed by atoms with Crippen molar-refractivity contribution >= 4 is 83.6 Å². The number of hydrogen-bond acceptors (Lipinski definition) is 10. The molecule has 0 aromatic heterocycles. The monoisotopic (exact) mass is 1720 g/mol. The van der Waals surface area contributed by atoms with Crippen LogP contribution in [0.1, 0.15) is 0 Å². The fourth-order valence-corrected chi connectivity index (χ4v) is 59.7. The van der Waals surface area contributed by atoms with Gasteiger partial charge in [0, 0.05) is 20.2 Å². The predicted octanol–water partition coefficient (Wildman–Crippen LogP) is 9.80. The molecular weight excluding hydrogens is 1570 g/mol. The largest absolute Gasteiger partial charge is 1.00 e. The minimum atomic E-state index is -10.7. The standard InChI is InChI=1S/2C25H74N16OP5.ClH.F6P/c1-30(2)44(31(3)4,32(5)6)26-43(27-45(33(7)8,34(9)10)35(11)12,28-46(36(13)14,37(15)16)38(17)18)29-47(39(19)20,40(21)22)41(23)24-25-42;1-31(2)44(32(3)4,26-24-25-42-23)27-43(28-45(33(5)6,34(7)8)35(9)10,29-46(36(11)12,37(13)14)38(15)16)30-47(39(17)18,40(19)20)41(21)22;;1-7(2,3,4,5)6/h42H,24-25H2,1-23H3;26H,24-25H2,1-23H3;1H;/q2*+1;;-1/p-1. The summed E-state index contributed by atoms with van der Waals surface area (Å²) in [7, 11) is 56.7. The predicted molar refractivity (Wildman–Crippen MR) is 443 cm³/mol. The number of aliphatic hydroxyl groups excluding tert-OH is 1. The second-order valence-electron chi connectivity index (χ2n) is 27.7. The van der Waals surface area contributed by atoms with E-state index in [0.29, 0.717) is 19.7 Å². The molecule has 0 spiro atoms. The van der Waals surface area contributed by atoms with Gasteiger partial charge in [-0.1, -0.05) is 0 Å². The molecule has 0 fully saturated rings. The molecule has 0 aromatic carbocycles. The van der Waals surface area contributed by atoms with E-state index >= 15 is 0 Å². The molecular formula is C50H148ClF6N32O2P11. The number of aliphatic hydroxyl groups is 1. The molecule has 0 heterocycles. The zero-order chi connectivity index (χ0) is 81.6. The molecule has 0 saturated carbocycles. The Morgan fingerprint density at radius 2 is 0.431 bits per heavy atom. The average Bonchev–Trinajstić information content (AvgIpc) is 0.728. The van der Waals surface area contributed by atoms with Gasteiger partial charge in [0.25, 0.3) is 0 Å². The minimum Gasteiger partial charge on any atom is -1.00 e. The van der Waals surface area contributed by atoms with E-state index in [4.69, 9.17) is 40.9 Å². The molecule has 34 nitrogen and oxygen atoms in total. The van der Waals surface area contributed by atoms with Gasteiger partial charge in [-0.3, -0.25) is 5.09 Å². The molecule has 0 aliphatic carbocycles. The third-order valence-electron chi connectivity index (χ3n) is 15.3. The molecule has 0 aliphatic heterocycles. The summed E-state index contributed by atoms with van der Waals surface area (Å²) >= 11 is 0. The van der Waals surface area contributed by atoms with Crippen LogP contribution >= 0.6 is 83.6 Å². The van der Waals surface area contributed by atoms with Crippen molar-refractivity contribution in [3.63, 3.8) is 0 Å². The van der Waals surface area contributed by atoms with Crippen LogP contribution < -0.4 is 17.5 Å². The van der Waals surface area contributed by atoms with Crippen molar-refractivity contribution in [1.82, 2.24) is 113 Å². The molecule has 0 rings (SSSR count). The first-order valence-corrected chi connectivity index (χ1v) is 49.9. The van der Waals surface area contributed by atoms with Gasteiger partial charge in [0.2, 0.25) is 60.1 Å². The number of nitrogens with zero attached hydrogens (tertiary/aromatic N) is 31. The quantitative estimate of drug-likeness (QED) is 0.0336. The van der Waals surface area contributed by atoms with Gasteiger partial charge in [-0.2, -0.15) is 0 Å². The summed E-state index contributed by atoms with van der Waals surface area (Å²) in [5.41, 5.74) is 0. The van der Waals surface area contributed by atoms with E-state index in [2.05, 4.69) is 423 Å². The minimum absolute atomic E-state index is 0. The number of nitrogens with one attached hydrogen (secondary N) is 1. The van der Waals surface area contributed by atoms with Crippen LogP contribution in [0.4, 0.5) is 25.2 Å². The normalized spacial score (nSPS) is 15.1. The van der Waals surface area contributed by atoms with Crippen molar-refractivity contribution < 1.29 is 47.4 Å². The van der Waals surface area contributed by atoms with Gasteiger partial charge in [0.05, 0.1) is 13.2 Å². The van der Waals surface area contributed by atoms with Crippen molar-refractivity contribution in [2.45, 2.75) is 0 Å². The summed E-state index contributed by atoms with van der Waals surface area (Å²) in [5.74, 6) is 0. The van der Waals surface area contributed by atoms with Crippen LogP contribution in [0.5, 0.6) is 0 Å². The molecule has 0 unspecified atom stereocenters. The van der Waals surface area contributed by atoms with Crippen molar-refractivity contribution in [3.8, 4) is 0 Å². The Labute approximate surface area is 627 Å². The van der Waals surface area contributed by atoms with Gasteiger partial charge in [-0.05, 0) is 353 Å². The number of rotatable bonds is 37. The van der Waals surface area contributed by atoms with E-state index in [1.807, 2.05) is 7.05 Å². The number of likely N-dealkylation sites (N-methyl/N-ethyl adjacent to an activating group) is 1. The van der Waals surface area contributed by atoms with Crippen LogP contribution in [0.2, 0.25) is 0 Å². The summed E-state index contributed by atoms with van der Waals surface area (Å²) in [5, 5.41) is 14.1. The van der Waals surface area contributed by atoms with Crippen molar-refractivity contribution in [2.75, 3.05) is 351 Å². The summed E-state index contributed by atoms with van der Waals surface area (Å²) in [6, 6.07) is 0. The number of hydrogen-bond donors (Lipinski definition) is 2. The molecule has 0 radical (unpaired) electrons. The van der Waals surface area contributed by atoms with Gasteiger partial charge in [-0.15, -0.1) is 0 Å². The molecule has 2 N–H and O–H groups in total. The van der Waals surface area contributed by atoms with E-state index in [0.717, 1.165) is 0 Å². The van der Waals surface area contributed by atoms with Gasteiger partial charge >= 0.3 is 48.7 Å². The molecule has 0 bridgehead atoms. The number of ether oxygens (including phenoxy) is 1. The molecule has 52 heteroatoms.